The molecule has 0 aliphatic heterocycles. The predicted octanol–water partition coefficient (Wildman–Crippen LogP) is 4.96. The first-order valence-electron chi connectivity index (χ1n) is 8.16. The molecule has 6 heteroatoms. The van der Waals surface area contributed by atoms with E-state index in [4.69, 9.17) is 16.3 Å². The van der Waals surface area contributed by atoms with Gasteiger partial charge >= 0.3 is 5.97 Å². The summed E-state index contributed by atoms with van der Waals surface area (Å²) in [6.45, 7) is 7.69. The molecule has 1 amide bonds. The van der Waals surface area contributed by atoms with Crippen LogP contribution >= 0.6 is 11.6 Å². The van der Waals surface area contributed by atoms with E-state index in [1.807, 2.05) is 12.1 Å². The van der Waals surface area contributed by atoms with E-state index in [0.29, 0.717) is 5.69 Å². The molecule has 1 N–H and O–H groups in total. The van der Waals surface area contributed by atoms with E-state index >= 15 is 0 Å². The molecule has 2 aromatic rings. The quantitative estimate of drug-likeness (QED) is 0.766. The van der Waals surface area contributed by atoms with Crippen molar-refractivity contribution in [1.82, 2.24) is 0 Å². The van der Waals surface area contributed by atoms with Gasteiger partial charge in [0.2, 0.25) is 0 Å². The summed E-state index contributed by atoms with van der Waals surface area (Å²) in [6.07, 6.45) is -1.11. The fourth-order valence-corrected chi connectivity index (χ4v) is 2.50. The highest BCUT2D eigenvalue weighted by atomic mass is 35.5. The molecule has 1 unspecified atom stereocenters. The number of benzene rings is 2. The molecule has 1 atom stereocenters. The van der Waals surface area contributed by atoms with Crippen molar-refractivity contribution in [3.05, 3.63) is 64.4 Å². The molecule has 0 aromatic heterocycles. The first kappa shape index (κ1) is 19.9. The van der Waals surface area contributed by atoms with Crippen LogP contribution in [0, 0.1) is 5.82 Å². The summed E-state index contributed by atoms with van der Waals surface area (Å²) in [7, 11) is 0. The third-order valence-corrected chi connectivity index (χ3v) is 4.15. The normalized spacial score (nSPS) is 12.4. The number of nitrogens with one attached hydrogen (secondary N) is 1. The second-order valence-electron chi connectivity index (χ2n) is 6.96. The topological polar surface area (TPSA) is 55.4 Å². The van der Waals surface area contributed by atoms with Crippen LogP contribution in [-0.2, 0) is 14.9 Å². The molecular formula is C20H21ClFNO3. The average Bonchev–Trinajstić information content (AvgIpc) is 2.54. The zero-order chi connectivity index (χ0) is 19.5. The van der Waals surface area contributed by atoms with Crippen LogP contribution in [0.15, 0.2) is 42.5 Å². The highest BCUT2D eigenvalue weighted by molar-refractivity contribution is 6.33. The van der Waals surface area contributed by atoms with Crippen molar-refractivity contribution in [2.75, 3.05) is 5.32 Å². The van der Waals surface area contributed by atoms with E-state index in [2.05, 4.69) is 26.1 Å². The Morgan fingerprint density at radius 3 is 2.27 bits per heavy atom. The molecule has 0 saturated carbocycles. The van der Waals surface area contributed by atoms with Crippen molar-refractivity contribution in [2.45, 2.75) is 39.2 Å². The molecule has 2 rings (SSSR count). The van der Waals surface area contributed by atoms with Crippen LogP contribution in [0.1, 0.15) is 43.6 Å². The van der Waals surface area contributed by atoms with Gasteiger partial charge in [-0.3, -0.25) is 4.79 Å². The van der Waals surface area contributed by atoms with Crippen LogP contribution < -0.4 is 5.32 Å². The lowest BCUT2D eigenvalue weighted by atomic mass is 9.87. The molecule has 4 nitrogen and oxygen atoms in total. The average molecular weight is 378 g/mol. The largest absolute Gasteiger partial charge is 0.449 e. The zero-order valence-electron chi connectivity index (χ0n) is 15.1. The summed E-state index contributed by atoms with van der Waals surface area (Å²) in [5.74, 6) is -2.30. The van der Waals surface area contributed by atoms with Gasteiger partial charge in [0.15, 0.2) is 6.10 Å². The van der Waals surface area contributed by atoms with Gasteiger partial charge in [-0.1, -0.05) is 50.6 Å². The third kappa shape index (κ3) is 4.82. The SMILES string of the molecule is CC(OC(=O)c1c(F)cccc1Cl)C(=O)Nc1ccc(C(C)(C)C)cc1. The molecule has 0 heterocycles. The molecular weight excluding hydrogens is 357 g/mol. The van der Waals surface area contributed by atoms with Crippen molar-refractivity contribution in [1.29, 1.82) is 0 Å². The number of hydrogen-bond donors (Lipinski definition) is 1. The minimum absolute atomic E-state index is 0.00435. The molecule has 0 saturated heterocycles. The van der Waals surface area contributed by atoms with Crippen molar-refractivity contribution < 1.29 is 18.7 Å². The first-order chi connectivity index (χ1) is 12.1. The molecule has 0 aliphatic rings. The van der Waals surface area contributed by atoms with Crippen LogP contribution in [0.5, 0.6) is 0 Å². The second-order valence-corrected chi connectivity index (χ2v) is 7.37. The first-order valence-corrected chi connectivity index (χ1v) is 8.54. The number of halogens is 2. The van der Waals surface area contributed by atoms with Crippen LogP contribution in [0.25, 0.3) is 0 Å². The highest BCUT2D eigenvalue weighted by Gasteiger charge is 2.23. The molecule has 0 bridgehead atoms. The number of hydrogen-bond acceptors (Lipinski definition) is 3. The van der Waals surface area contributed by atoms with E-state index in [1.54, 1.807) is 12.1 Å². The summed E-state index contributed by atoms with van der Waals surface area (Å²) < 4.78 is 18.8. The number of carbonyl (C=O) groups is 2. The van der Waals surface area contributed by atoms with Gasteiger partial charge in [-0.25, -0.2) is 9.18 Å². The molecule has 2 aromatic carbocycles. The zero-order valence-corrected chi connectivity index (χ0v) is 15.9. The van der Waals surface area contributed by atoms with Crippen molar-refractivity contribution in [2.24, 2.45) is 0 Å². The van der Waals surface area contributed by atoms with Crippen LogP contribution in [0.2, 0.25) is 5.02 Å². The van der Waals surface area contributed by atoms with Gasteiger partial charge in [0.25, 0.3) is 5.91 Å². The monoisotopic (exact) mass is 377 g/mol. The smallest absolute Gasteiger partial charge is 0.343 e. The number of anilines is 1. The maximum Gasteiger partial charge on any atom is 0.343 e. The fourth-order valence-electron chi connectivity index (χ4n) is 2.26. The maximum absolute atomic E-state index is 13.7. The van der Waals surface area contributed by atoms with Crippen LogP contribution in [0.4, 0.5) is 10.1 Å². The molecule has 26 heavy (non-hydrogen) atoms. The Hall–Kier alpha value is -2.40. The Labute approximate surface area is 157 Å². The number of carbonyl (C=O) groups excluding carboxylic acids is 2. The third-order valence-electron chi connectivity index (χ3n) is 3.84. The lowest BCUT2D eigenvalue weighted by Crippen LogP contribution is -2.30. The van der Waals surface area contributed by atoms with Gasteiger partial charge in [0, 0.05) is 5.69 Å². The Bertz CT molecular complexity index is 793. The summed E-state index contributed by atoms with van der Waals surface area (Å²) in [4.78, 5) is 24.3. The lowest BCUT2D eigenvalue weighted by molar-refractivity contribution is -0.123. The van der Waals surface area contributed by atoms with Gasteiger partial charge in [-0.2, -0.15) is 0 Å². The van der Waals surface area contributed by atoms with Gasteiger partial charge < -0.3 is 10.1 Å². The van der Waals surface area contributed by atoms with E-state index < -0.39 is 23.8 Å². The van der Waals surface area contributed by atoms with Crippen LogP contribution in [-0.4, -0.2) is 18.0 Å². The predicted molar refractivity (Wildman–Crippen MR) is 100 cm³/mol. The van der Waals surface area contributed by atoms with Crippen molar-refractivity contribution in [3.63, 3.8) is 0 Å². The van der Waals surface area contributed by atoms with E-state index in [-0.39, 0.29) is 16.0 Å². The summed E-state index contributed by atoms with van der Waals surface area (Å²) in [5.41, 5.74) is 1.33. The number of esters is 1. The van der Waals surface area contributed by atoms with Crippen LogP contribution in [0.3, 0.4) is 0 Å². The summed E-state index contributed by atoms with van der Waals surface area (Å²) in [5, 5.41) is 2.59. The van der Waals surface area contributed by atoms with Gasteiger partial charge in [-0.15, -0.1) is 0 Å². The number of rotatable bonds is 4. The fraction of sp³-hybridized carbons (Fsp3) is 0.300. The number of amides is 1. The standard InChI is InChI=1S/C20H21ClFNO3/c1-12(26-19(25)17-15(21)6-5-7-16(17)22)18(24)23-14-10-8-13(9-11-14)20(2,3)4/h5-12H,1-4H3,(H,23,24). The summed E-state index contributed by atoms with van der Waals surface area (Å²) >= 11 is 5.83. The number of ether oxygens (including phenoxy) is 1. The van der Waals surface area contributed by atoms with E-state index in [9.17, 15) is 14.0 Å². The van der Waals surface area contributed by atoms with E-state index in [0.717, 1.165) is 11.6 Å². The van der Waals surface area contributed by atoms with Gasteiger partial charge in [-0.05, 0) is 42.2 Å². The highest BCUT2D eigenvalue weighted by Crippen LogP contribution is 2.24. The van der Waals surface area contributed by atoms with Gasteiger partial charge in [0.1, 0.15) is 11.4 Å². The minimum atomic E-state index is -1.11. The maximum atomic E-state index is 13.7. The Balaban J connectivity index is 2.02. The second kappa shape index (κ2) is 7.87. The minimum Gasteiger partial charge on any atom is -0.449 e. The van der Waals surface area contributed by atoms with Crippen molar-refractivity contribution in [3.8, 4) is 0 Å². The molecule has 0 aliphatic carbocycles. The van der Waals surface area contributed by atoms with Gasteiger partial charge in [0.05, 0.1) is 5.02 Å². The molecule has 138 valence electrons. The Morgan fingerprint density at radius 2 is 1.73 bits per heavy atom. The lowest BCUT2D eigenvalue weighted by Gasteiger charge is -2.19. The molecule has 0 spiro atoms. The molecule has 0 radical (unpaired) electrons. The van der Waals surface area contributed by atoms with E-state index in [1.165, 1.54) is 19.1 Å². The molecule has 0 fully saturated rings. The Kier molecular flexibility index (Phi) is 6.03. The Morgan fingerprint density at radius 1 is 1.12 bits per heavy atom. The summed E-state index contributed by atoms with van der Waals surface area (Å²) in [6, 6.07) is 11.3. The van der Waals surface area contributed by atoms with Crippen molar-refractivity contribution >= 4 is 29.2 Å².